The molecule has 4 aromatic carbocycles. The van der Waals surface area contributed by atoms with Crippen molar-refractivity contribution in [2.24, 2.45) is 9.98 Å². The molecule has 0 aliphatic heterocycles. The zero-order valence-electron chi connectivity index (χ0n) is 23.2. The molecule has 4 rings (SSSR count). The molecule has 40 heavy (non-hydrogen) atoms. The Kier molecular flexibility index (Phi) is 11.2. The first kappa shape index (κ1) is 28.4. The molecule has 0 unspecified atom stereocenters. The molecule has 0 aliphatic carbocycles. The van der Waals surface area contributed by atoms with E-state index in [2.05, 4.69) is 9.98 Å². The normalized spacial score (nSPS) is 11.2. The Morgan fingerprint density at radius 2 is 0.775 bits per heavy atom. The summed E-state index contributed by atoms with van der Waals surface area (Å²) in [5.74, 6) is 3.40. The minimum Gasteiger partial charge on any atom is -0.494 e. The van der Waals surface area contributed by atoms with Gasteiger partial charge in [0.05, 0.1) is 37.8 Å². The predicted octanol–water partition coefficient (Wildman–Crippen LogP) is 8.22. The lowest BCUT2D eigenvalue weighted by molar-refractivity contribution is 0.266. The van der Waals surface area contributed by atoms with Crippen molar-refractivity contribution in [1.29, 1.82) is 0 Å². The number of ether oxygens (including phenoxy) is 4. The van der Waals surface area contributed by atoms with Crippen LogP contribution < -0.4 is 18.9 Å². The Labute approximate surface area is 236 Å². The largest absolute Gasteiger partial charge is 0.494 e. The van der Waals surface area contributed by atoms with E-state index in [1.807, 2.05) is 123 Å². The van der Waals surface area contributed by atoms with Crippen molar-refractivity contribution in [1.82, 2.24) is 0 Å². The quantitative estimate of drug-likeness (QED) is 0.113. The van der Waals surface area contributed by atoms with Gasteiger partial charge >= 0.3 is 0 Å². The van der Waals surface area contributed by atoms with Gasteiger partial charge in [0.1, 0.15) is 23.0 Å². The fourth-order valence-electron chi connectivity index (χ4n) is 3.77. The highest BCUT2D eigenvalue weighted by Gasteiger charge is 1.99. The summed E-state index contributed by atoms with van der Waals surface area (Å²) in [5, 5.41) is 0. The molecule has 0 bridgehead atoms. The van der Waals surface area contributed by atoms with Gasteiger partial charge in [0.15, 0.2) is 0 Å². The fraction of sp³-hybridized carbons (Fsp3) is 0.235. The van der Waals surface area contributed by atoms with Crippen molar-refractivity contribution in [2.45, 2.75) is 26.7 Å². The molecule has 0 aliphatic rings. The molecule has 4 aromatic rings. The van der Waals surface area contributed by atoms with Crippen molar-refractivity contribution in [3.63, 3.8) is 0 Å². The number of unbranched alkanes of at least 4 members (excludes halogenated alkanes) is 1. The molecule has 0 spiro atoms. The van der Waals surface area contributed by atoms with E-state index in [0.717, 1.165) is 58.3 Å². The Hall–Kier alpha value is -4.58. The number of rotatable bonds is 15. The number of nitrogens with zero attached hydrogens (tertiary/aromatic N) is 2. The van der Waals surface area contributed by atoms with Crippen molar-refractivity contribution >= 4 is 23.8 Å². The highest BCUT2D eigenvalue weighted by atomic mass is 16.5. The summed E-state index contributed by atoms with van der Waals surface area (Å²) in [6.07, 6.45) is 5.50. The Balaban J connectivity index is 1.11. The van der Waals surface area contributed by atoms with Gasteiger partial charge in [-0.25, -0.2) is 0 Å². The second kappa shape index (κ2) is 15.7. The highest BCUT2D eigenvalue weighted by Crippen LogP contribution is 2.20. The summed E-state index contributed by atoms with van der Waals surface area (Å²) >= 11 is 0. The average Bonchev–Trinajstić information content (AvgIpc) is 3.00. The van der Waals surface area contributed by atoms with Gasteiger partial charge < -0.3 is 18.9 Å². The molecule has 6 nitrogen and oxygen atoms in total. The van der Waals surface area contributed by atoms with Crippen molar-refractivity contribution in [3.05, 3.63) is 108 Å². The van der Waals surface area contributed by atoms with E-state index in [1.54, 1.807) is 0 Å². The van der Waals surface area contributed by atoms with Gasteiger partial charge in [-0.15, -0.1) is 0 Å². The van der Waals surface area contributed by atoms with Crippen molar-refractivity contribution in [3.8, 4) is 23.0 Å². The van der Waals surface area contributed by atoms with E-state index in [9.17, 15) is 0 Å². The van der Waals surface area contributed by atoms with Crippen LogP contribution in [0, 0.1) is 0 Å². The molecule has 6 heteroatoms. The van der Waals surface area contributed by atoms with Crippen LogP contribution in [0.4, 0.5) is 11.4 Å². The molecule has 0 saturated heterocycles. The van der Waals surface area contributed by atoms with Gasteiger partial charge in [0.2, 0.25) is 0 Å². The van der Waals surface area contributed by atoms with Gasteiger partial charge in [-0.3, -0.25) is 9.98 Å². The molecule has 0 N–H and O–H groups in total. The zero-order chi connectivity index (χ0) is 27.8. The number of benzene rings is 4. The van der Waals surface area contributed by atoms with Crippen LogP contribution in [0.2, 0.25) is 0 Å². The molecule has 0 atom stereocenters. The number of hydrogen-bond donors (Lipinski definition) is 0. The fourth-order valence-corrected chi connectivity index (χ4v) is 3.77. The summed E-state index contributed by atoms with van der Waals surface area (Å²) in [7, 11) is 0. The van der Waals surface area contributed by atoms with E-state index in [0.29, 0.717) is 26.4 Å². The lowest BCUT2D eigenvalue weighted by Gasteiger charge is -2.08. The predicted molar refractivity (Wildman–Crippen MR) is 163 cm³/mol. The molecule has 0 radical (unpaired) electrons. The van der Waals surface area contributed by atoms with Crippen molar-refractivity contribution < 1.29 is 18.9 Å². The first-order valence-corrected chi connectivity index (χ1v) is 13.7. The lowest BCUT2D eigenvalue weighted by Crippen LogP contribution is -2.02. The first-order valence-electron chi connectivity index (χ1n) is 13.7. The van der Waals surface area contributed by atoms with Gasteiger partial charge in [-0.2, -0.15) is 0 Å². The smallest absolute Gasteiger partial charge is 0.119 e. The summed E-state index contributed by atoms with van der Waals surface area (Å²) in [4.78, 5) is 9.06. The maximum atomic E-state index is 5.87. The maximum absolute atomic E-state index is 5.87. The SMILES string of the molecule is CCOc1ccc(C=Nc2ccc(OCCCCOc3ccc(N=Cc4ccc(OCC)cc4)cc3)cc2)cc1. The summed E-state index contributed by atoms with van der Waals surface area (Å²) in [6, 6.07) is 31.4. The topological polar surface area (TPSA) is 61.6 Å². The van der Waals surface area contributed by atoms with E-state index < -0.39 is 0 Å². The van der Waals surface area contributed by atoms with Crippen LogP contribution in [-0.2, 0) is 0 Å². The molecular weight excluding hydrogens is 500 g/mol. The van der Waals surface area contributed by atoms with Crippen LogP contribution in [0.1, 0.15) is 37.8 Å². The monoisotopic (exact) mass is 536 g/mol. The lowest BCUT2D eigenvalue weighted by atomic mass is 10.2. The first-order chi connectivity index (χ1) is 19.7. The molecule has 0 aromatic heterocycles. The van der Waals surface area contributed by atoms with Crippen LogP contribution in [0.5, 0.6) is 23.0 Å². The zero-order valence-corrected chi connectivity index (χ0v) is 23.2. The second-order valence-electron chi connectivity index (χ2n) is 8.91. The molecule has 0 heterocycles. The van der Waals surface area contributed by atoms with Crippen LogP contribution in [0.25, 0.3) is 0 Å². The third kappa shape index (κ3) is 9.62. The average molecular weight is 537 g/mol. The third-order valence-electron chi connectivity index (χ3n) is 5.86. The van der Waals surface area contributed by atoms with Crippen LogP contribution >= 0.6 is 0 Å². The Morgan fingerprint density at radius 1 is 0.450 bits per heavy atom. The summed E-state index contributed by atoms with van der Waals surface area (Å²) in [6.45, 7) is 6.54. The van der Waals surface area contributed by atoms with Gasteiger partial charge in [-0.1, -0.05) is 0 Å². The molecule has 206 valence electrons. The van der Waals surface area contributed by atoms with E-state index in [-0.39, 0.29) is 0 Å². The highest BCUT2D eigenvalue weighted by molar-refractivity contribution is 5.82. The second-order valence-corrected chi connectivity index (χ2v) is 8.91. The van der Waals surface area contributed by atoms with Gasteiger partial charge in [0.25, 0.3) is 0 Å². The van der Waals surface area contributed by atoms with Gasteiger partial charge in [0, 0.05) is 12.4 Å². The van der Waals surface area contributed by atoms with Crippen molar-refractivity contribution in [2.75, 3.05) is 26.4 Å². The minimum absolute atomic E-state index is 0.636. The molecule has 0 amide bonds. The maximum Gasteiger partial charge on any atom is 0.119 e. The Bertz CT molecular complexity index is 1220. The minimum atomic E-state index is 0.636. The van der Waals surface area contributed by atoms with Crippen LogP contribution in [0.3, 0.4) is 0 Å². The number of hydrogen-bond acceptors (Lipinski definition) is 6. The molecule has 0 saturated carbocycles. The summed E-state index contributed by atoms with van der Waals surface area (Å²) < 4.78 is 22.7. The van der Waals surface area contributed by atoms with E-state index in [1.165, 1.54) is 0 Å². The van der Waals surface area contributed by atoms with E-state index in [4.69, 9.17) is 18.9 Å². The molecule has 0 fully saturated rings. The third-order valence-corrected chi connectivity index (χ3v) is 5.86. The van der Waals surface area contributed by atoms with Crippen LogP contribution in [0.15, 0.2) is 107 Å². The van der Waals surface area contributed by atoms with Crippen LogP contribution in [-0.4, -0.2) is 38.9 Å². The standard InChI is InChI=1S/C34H36N2O4/c1-3-37-31-15-7-27(8-16-31)25-35-29-11-19-33(20-12-29)39-23-5-6-24-40-34-21-13-30(14-22-34)36-26-28-9-17-32(18-10-28)38-4-2/h7-22,25-26H,3-6,23-24H2,1-2H3. The van der Waals surface area contributed by atoms with Gasteiger partial charge in [-0.05, 0) is 135 Å². The molecular formula is C34H36N2O4. The number of aliphatic imine (C=N–C) groups is 2. The van der Waals surface area contributed by atoms with E-state index >= 15 is 0 Å². The summed E-state index contributed by atoms with van der Waals surface area (Å²) in [5.41, 5.74) is 3.80. The Morgan fingerprint density at radius 3 is 1.12 bits per heavy atom.